The molecule has 5 heteroatoms. The number of hydrogen-bond donors (Lipinski definition) is 2. The lowest BCUT2D eigenvalue weighted by atomic mass is 9.61. The fourth-order valence-corrected chi connectivity index (χ4v) is 5.90. The summed E-state index contributed by atoms with van der Waals surface area (Å²) in [5, 5.41) is 6.85. The number of allylic oxidation sites excluding steroid dienone is 2. The molecule has 0 bridgehead atoms. The smallest absolute Gasteiger partial charge is 0.257 e. The van der Waals surface area contributed by atoms with Crippen molar-refractivity contribution in [2.75, 3.05) is 7.11 Å². The van der Waals surface area contributed by atoms with Crippen molar-refractivity contribution in [1.29, 1.82) is 0 Å². The fraction of sp³-hybridized carbons (Fsp3) is 0.700. The van der Waals surface area contributed by atoms with E-state index in [4.69, 9.17) is 17.0 Å². The molecule has 1 aliphatic heterocycles. The average Bonchev–Trinajstić information content (AvgIpc) is 3.05. The minimum Gasteiger partial charge on any atom is -0.381 e. The second kappa shape index (κ2) is 6.20. The van der Waals surface area contributed by atoms with Gasteiger partial charge in [0.15, 0.2) is 10.7 Å². The van der Waals surface area contributed by atoms with Crippen molar-refractivity contribution in [2.45, 2.75) is 69.9 Å². The molecular formula is C20H28N2O2S. The zero-order chi connectivity index (χ0) is 17.7. The molecule has 25 heavy (non-hydrogen) atoms. The maximum atomic E-state index is 13.2. The maximum Gasteiger partial charge on any atom is 0.257 e. The molecule has 1 heterocycles. The van der Waals surface area contributed by atoms with Gasteiger partial charge in [-0.3, -0.25) is 4.79 Å². The highest BCUT2D eigenvalue weighted by Crippen LogP contribution is 2.61. The second-order valence-corrected chi connectivity index (χ2v) is 8.55. The Bertz CT molecular complexity index is 661. The summed E-state index contributed by atoms with van der Waals surface area (Å²) in [6.07, 6.45) is 13.6. The zero-order valence-electron chi connectivity index (χ0n) is 15.2. The van der Waals surface area contributed by atoms with Gasteiger partial charge in [0.1, 0.15) is 0 Å². The van der Waals surface area contributed by atoms with Crippen LogP contribution in [0.1, 0.15) is 58.3 Å². The summed E-state index contributed by atoms with van der Waals surface area (Å²) in [5.74, 6) is 0.593. The molecule has 3 fully saturated rings. The maximum absolute atomic E-state index is 13.2. The molecule has 4 rings (SSSR count). The van der Waals surface area contributed by atoms with Gasteiger partial charge in [0.25, 0.3) is 5.91 Å². The Kier molecular flexibility index (Phi) is 4.27. The second-order valence-electron chi connectivity index (χ2n) is 8.14. The highest BCUT2D eigenvalue weighted by Gasteiger charge is 2.67. The van der Waals surface area contributed by atoms with E-state index in [0.29, 0.717) is 17.1 Å². The molecule has 4 aliphatic rings. The van der Waals surface area contributed by atoms with Gasteiger partial charge in [-0.25, -0.2) is 0 Å². The molecule has 4 nitrogen and oxygen atoms in total. The van der Waals surface area contributed by atoms with Gasteiger partial charge >= 0.3 is 0 Å². The molecule has 3 aliphatic carbocycles. The standard InChI is InChI=1S/C20H28N2O2S/c1-3-4-13-5-6-14-12-19(9-7-15(24-2)8-10-19)20(16(14)11-13)17(23)21-18(25)22-20/h6,11,13,15H,3-5,7-10,12H2,1-2H3,(H2,21,22,23,25). The number of hydrogen-bond acceptors (Lipinski definition) is 3. The molecule has 2 unspecified atom stereocenters. The first kappa shape index (κ1) is 17.2. The number of thiocarbonyl (C=S) groups is 1. The molecule has 1 amide bonds. The third kappa shape index (κ3) is 2.42. The summed E-state index contributed by atoms with van der Waals surface area (Å²) in [6.45, 7) is 2.23. The lowest BCUT2D eigenvalue weighted by molar-refractivity contribution is -0.128. The van der Waals surface area contributed by atoms with Crippen LogP contribution in [-0.4, -0.2) is 29.8 Å². The lowest BCUT2D eigenvalue weighted by Gasteiger charge is -2.46. The van der Waals surface area contributed by atoms with Gasteiger partial charge in [-0.15, -0.1) is 0 Å². The van der Waals surface area contributed by atoms with Gasteiger partial charge in [-0.1, -0.05) is 25.5 Å². The number of fused-ring (bicyclic) bond motifs is 3. The first-order valence-electron chi connectivity index (χ1n) is 9.63. The minimum atomic E-state index is -0.666. The fourth-order valence-electron chi connectivity index (χ4n) is 5.65. The molecule has 2 spiro atoms. The van der Waals surface area contributed by atoms with Gasteiger partial charge in [-0.05, 0) is 74.2 Å². The Morgan fingerprint density at radius 3 is 2.72 bits per heavy atom. The number of amides is 1. The third-order valence-corrected chi connectivity index (χ3v) is 7.10. The van der Waals surface area contributed by atoms with Crippen LogP contribution in [0, 0.1) is 11.3 Å². The number of nitrogens with one attached hydrogen (secondary N) is 2. The summed E-state index contributed by atoms with van der Waals surface area (Å²) in [5.41, 5.74) is 1.84. The van der Waals surface area contributed by atoms with Gasteiger partial charge in [0.05, 0.1) is 6.10 Å². The molecule has 1 saturated heterocycles. The van der Waals surface area contributed by atoms with Gasteiger partial charge in [-0.2, -0.15) is 0 Å². The van der Waals surface area contributed by atoms with Crippen molar-refractivity contribution in [1.82, 2.24) is 10.6 Å². The van der Waals surface area contributed by atoms with Crippen molar-refractivity contribution in [3.8, 4) is 0 Å². The molecule has 2 N–H and O–H groups in total. The number of carbonyl (C=O) groups excluding carboxylic acids is 1. The Balaban J connectivity index is 1.77. The molecule has 0 aromatic heterocycles. The molecule has 136 valence electrons. The van der Waals surface area contributed by atoms with Crippen LogP contribution in [-0.2, 0) is 9.53 Å². The van der Waals surface area contributed by atoms with E-state index in [0.717, 1.165) is 38.5 Å². The quantitative estimate of drug-likeness (QED) is 0.758. The molecule has 0 aromatic carbocycles. The van der Waals surface area contributed by atoms with E-state index in [9.17, 15) is 4.79 Å². The molecule has 2 atom stereocenters. The summed E-state index contributed by atoms with van der Waals surface area (Å²) in [4.78, 5) is 13.2. The van der Waals surface area contributed by atoms with Crippen molar-refractivity contribution in [2.24, 2.45) is 11.3 Å². The van der Waals surface area contributed by atoms with Gasteiger partial charge in [0, 0.05) is 12.5 Å². The van der Waals surface area contributed by atoms with E-state index in [2.05, 4.69) is 29.7 Å². The van der Waals surface area contributed by atoms with Crippen molar-refractivity contribution in [3.63, 3.8) is 0 Å². The largest absolute Gasteiger partial charge is 0.381 e. The number of rotatable bonds is 3. The predicted molar refractivity (Wildman–Crippen MR) is 102 cm³/mol. The van der Waals surface area contributed by atoms with E-state index in [-0.39, 0.29) is 11.3 Å². The number of methoxy groups -OCH3 is 1. The number of ether oxygens (including phenoxy) is 1. The van der Waals surface area contributed by atoms with Crippen LogP contribution in [0.25, 0.3) is 0 Å². The van der Waals surface area contributed by atoms with Crippen LogP contribution in [0.2, 0.25) is 0 Å². The van der Waals surface area contributed by atoms with Crippen molar-refractivity contribution in [3.05, 3.63) is 23.3 Å². The van der Waals surface area contributed by atoms with Gasteiger partial charge < -0.3 is 15.4 Å². The Morgan fingerprint density at radius 1 is 1.36 bits per heavy atom. The first-order valence-corrected chi connectivity index (χ1v) is 10.0. The van der Waals surface area contributed by atoms with E-state index in [1.54, 1.807) is 7.11 Å². The summed E-state index contributed by atoms with van der Waals surface area (Å²) in [7, 11) is 1.79. The average molecular weight is 361 g/mol. The van der Waals surface area contributed by atoms with Crippen LogP contribution in [0.3, 0.4) is 0 Å². The molecule has 0 aromatic rings. The van der Waals surface area contributed by atoms with Crippen LogP contribution >= 0.6 is 12.2 Å². The van der Waals surface area contributed by atoms with Crippen molar-refractivity contribution >= 4 is 23.2 Å². The van der Waals surface area contributed by atoms with Crippen molar-refractivity contribution < 1.29 is 9.53 Å². The first-order chi connectivity index (χ1) is 12.0. The predicted octanol–water partition coefficient (Wildman–Crippen LogP) is 3.38. The van der Waals surface area contributed by atoms with E-state index in [1.165, 1.54) is 24.0 Å². The molecule has 2 saturated carbocycles. The minimum absolute atomic E-state index is 0.0557. The van der Waals surface area contributed by atoms with Gasteiger partial charge in [0.2, 0.25) is 0 Å². The van der Waals surface area contributed by atoms with Crippen LogP contribution in [0.15, 0.2) is 23.3 Å². The summed E-state index contributed by atoms with van der Waals surface area (Å²) in [6, 6.07) is 0. The van der Waals surface area contributed by atoms with Crippen LogP contribution < -0.4 is 10.6 Å². The lowest BCUT2D eigenvalue weighted by Crippen LogP contribution is -2.59. The summed E-state index contributed by atoms with van der Waals surface area (Å²) < 4.78 is 5.58. The normalized spacial score (nSPS) is 39.9. The van der Waals surface area contributed by atoms with E-state index in [1.807, 2.05) is 0 Å². The summed E-state index contributed by atoms with van der Waals surface area (Å²) >= 11 is 5.36. The monoisotopic (exact) mass is 360 g/mol. The van der Waals surface area contributed by atoms with Crippen LogP contribution in [0.5, 0.6) is 0 Å². The topological polar surface area (TPSA) is 50.4 Å². The Labute approximate surface area is 155 Å². The highest BCUT2D eigenvalue weighted by atomic mass is 32.1. The SMILES string of the molecule is CCCC1C=C2C(=CC1)CC1(CCC(OC)CC1)C21NC(=S)NC1=O. The van der Waals surface area contributed by atoms with E-state index < -0.39 is 5.54 Å². The molecule has 0 radical (unpaired) electrons. The highest BCUT2D eigenvalue weighted by molar-refractivity contribution is 7.80. The van der Waals surface area contributed by atoms with Crippen LogP contribution in [0.4, 0.5) is 0 Å². The number of carbonyl (C=O) groups is 1. The Hall–Kier alpha value is -1.20. The Morgan fingerprint density at radius 2 is 2.12 bits per heavy atom. The van der Waals surface area contributed by atoms with E-state index >= 15 is 0 Å². The molecular weight excluding hydrogens is 332 g/mol. The third-order valence-electron chi connectivity index (χ3n) is 6.89. The zero-order valence-corrected chi connectivity index (χ0v) is 16.0.